The summed E-state index contributed by atoms with van der Waals surface area (Å²) in [6.45, 7) is 8.21. The molecule has 2 aliphatic carbocycles. The predicted molar refractivity (Wildman–Crippen MR) is 286 cm³/mol. The smallest absolute Gasteiger partial charge is 0.251 e. The van der Waals surface area contributed by atoms with E-state index in [0.717, 1.165) is 60.8 Å². The maximum atomic E-state index is 14.9. The molecule has 2 aliphatic heterocycles. The number of nitrogens with zero attached hydrogens (tertiary/aromatic N) is 2. The SMILES string of the molecule is CN[C@@H](C)C(=O)N[C@@H](Cc1ccc(Oc2ccc(C(=O)N[C@H]3CC(N[C@@H]4CCCc5ccccc54)N(C(=O)C(N)C(C)(C)C)C3)cc2)cc1)C(=O)N1Cc2ccccc2CC1C(=O)N[C@@H]1CCCc2ccccc21. The van der Waals surface area contributed by atoms with Crippen molar-refractivity contribution >= 4 is 29.5 Å². The number of rotatable bonds is 15. The van der Waals surface area contributed by atoms with Gasteiger partial charge in [0.15, 0.2) is 0 Å². The number of aryl methyl sites for hydroxylation is 2. The van der Waals surface area contributed by atoms with Crippen LogP contribution in [0.3, 0.4) is 0 Å². The van der Waals surface area contributed by atoms with Crippen molar-refractivity contribution in [2.45, 2.75) is 140 Å². The molecule has 1 fully saturated rings. The highest BCUT2D eigenvalue weighted by molar-refractivity contribution is 5.95. The Morgan fingerprint density at radius 3 is 1.92 bits per heavy atom. The lowest BCUT2D eigenvalue weighted by Crippen LogP contribution is -2.59. The van der Waals surface area contributed by atoms with E-state index < -0.39 is 29.6 Å². The molecule has 3 unspecified atom stereocenters. The van der Waals surface area contributed by atoms with E-state index in [9.17, 15) is 24.0 Å². The van der Waals surface area contributed by atoms with Crippen LogP contribution in [-0.2, 0) is 51.4 Å². The first-order chi connectivity index (χ1) is 35.6. The largest absolute Gasteiger partial charge is 0.457 e. The molecule has 5 amide bonds. The van der Waals surface area contributed by atoms with E-state index in [0.29, 0.717) is 36.4 Å². The van der Waals surface area contributed by atoms with E-state index in [-0.39, 0.29) is 66.8 Å². The fourth-order valence-electron chi connectivity index (χ4n) is 11.0. The second-order valence-electron chi connectivity index (χ2n) is 21.7. The van der Waals surface area contributed by atoms with Crippen molar-refractivity contribution in [1.29, 1.82) is 0 Å². The van der Waals surface area contributed by atoms with E-state index in [1.807, 2.05) is 74.2 Å². The molecular formula is C60H72N8O6. The topological polar surface area (TPSA) is 187 Å². The molecule has 7 N–H and O–H groups in total. The first kappa shape index (κ1) is 52.0. The van der Waals surface area contributed by atoms with Gasteiger partial charge in [-0.05, 0) is 133 Å². The number of nitrogens with two attached hydrogens (primary N) is 1. The summed E-state index contributed by atoms with van der Waals surface area (Å²) in [6, 6.07) is 35.5. The summed E-state index contributed by atoms with van der Waals surface area (Å²) in [6.07, 6.45) is 6.57. The normalized spacial score (nSPS) is 21.5. The van der Waals surface area contributed by atoms with Crippen molar-refractivity contribution in [3.63, 3.8) is 0 Å². The average Bonchev–Trinajstić information content (AvgIpc) is 3.81. The van der Waals surface area contributed by atoms with Crippen LogP contribution < -0.4 is 37.1 Å². The zero-order valence-corrected chi connectivity index (χ0v) is 43.4. The number of likely N-dealkylation sites (N-methyl/N-ethyl adjacent to an activating group) is 1. The van der Waals surface area contributed by atoms with Crippen molar-refractivity contribution in [3.05, 3.63) is 166 Å². The highest BCUT2D eigenvalue weighted by atomic mass is 16.5. The molecular weight excluding hydrogens is 929 g/mol. The quantitative estimate of drug-likeness (QED) is 0.0645. The molecule has 9 rings (SSSR count). The van der Waals surface area contributed by atoms with Gasteiger partial charge in [-0.25, -0.2) is 0 Å². The lowest BCUT2D eigenvalue weighted by Gasteiger charge is -2.39. The van der Waals surface area contributed by atoms with Crippen molar-refractivity contribution < 1.29 is 28.7 Å². The lowest BCUT2D eigenvalue weighted by molar-refractivity contribution is -0.145. The monoisotopic (exact) mass is 1000 g/mol. The zero-order valence-electron chi connectivity index (χ0n) is 43.4. The number of amides is 5. The summed E-state index contributed by atoms with van der Waals surface area (Å²) in [4.78, 5) is 73.9. The van der Waals surface area contributed by atoms with Gasteiger partial charge in [-0.2, -0.15) is 0 Å². The molecule has 74 heavy (non-hydrogen) atoms. The number of hydrogen-bond donors (Lipinski definition) is 6. The summed E-state index contributed by atoms with van der Waals surface area (Å²) in [5.41, 5.74) is 14.3. The number of carbonyl (C=O) groups excluding carboxylic acids is 5. The molecule has 388 valence electrons. The lowest BCUT2D eigenvalue weighted by atomic mass is 9.86. The fraction of sp³-hybridized carbons (Fsp3) is 0.417. The van der Waals surface area contributed by atoms with Crippen molar-refractivity contribution in [2.75, 3.05) is 13.6 Å². The van der Waals surface area contributed by atoms with Gasteiger partial charge in [0, 0.05) is 44.0 Å². The maximum Gasteiger partial charge on any atom is 0.251 e. The van der Waals surface area contributed by atoms with Crippen LogP contribution >= 0.6 is 0 Å². The van der Waals surface area contributed by atoms with Crippen LogP contribution in [0.4, 0.5) is 0 Å². The van der Waals surface area contributed by atoms with Gasteiger partial charge < -0.3 is 41.5 Å². The highest BCUT2D eigenvalue weighted by Crippen LogP contribution is 2.34. The Hall–Kier alpha value is -6.87. The number of benzene rings is 5. The van der Waals surface area contributed by atoms with Gasteiger partial charge in [-0.1, -0.05) is 106 Å². The van der Waals surface area contributed by atoms with Gasteiger partial charge in [0.25, 0.3) is 5.91 Å². The van der Waals surface area contributed by atoms with Gasteiger partial charge in [-0.15, -0.1) is 0 Å². The summed E-state index contributed by atoms with van der Waals surface area (Å²) in [7, 11) is 1.69. The highest BCUT2D eigenvalue weighted by Gasteiger charge is 2.43. The van der Waals surface area contributed by atoms with Crippen LogP contribution in [0.2, 0.25) is 0 Å². The van der Waals surface area contributed by atoms with Gasteiger partial charge >= 0.3 is 0 Å². The summed E-state index contributed by atoms with van der Waals surface area (Å²) < 4.78 is 6.23. The summed E-state index contributed by atoms with van der Waals surface area (Å²) in [5.74, 6) is -0.204. The molecule has 4 aliphatic rings. The number of ether oxygens (including phenoxy) is 1. The number of carbonyl (C=O) groups is 5. The predicted octanol–water partition coefficient (Wildman–Crippen LogP) is 6.96. The minimum atomic E-state index is -0.967. The first-order valence-corrected chi connectivity index (χ1v) is 26.4. The van der Waals surface area contributed by atoms with Crippen LogP contribution in [-0.4, -0.2) is 89.3 Å². The Morgan fingerprint density at radius 1 is 0.703 bits per heavy atom. The maximum absolute atomic E-state index is 14.9. The number of nitrogens with one attached hydrogen (secondary N) is 5. The molecule has 0 radical (unpaired) electrons. The third-order valence-corrected chi connectivity index (χ3v) is 15.6. The minimum absolute atomic E-state index is 0.0916. The first-order valence-electron chi connectivity index (χ1n) is 26.4. The number of fused-ring (bicyclic) bond motifs is 3. The molecule has 1 saturated heterocycles. The van der Waals surface area contributed by atoms with E-state index >= 15 is 0 Å². The van der Waals surface area contributed by atoms with E-state index in [2.05, 4.69) is 63.0 Å². The zero-order chi connectivity index (χ0) is 52.1. The number of likely N-dealkylation sites (tertiary alicyclic amines) is 1. The Bertz CT molecular complexity index is 2830. The molecule has 5 aromatic carbocycles. The van der Waals surface area contributed by atoms with Gasteiger partial charge in [0.2, 0.25) is 23.6 Å². The molecule has 0 aromatic heterocycles. The second-order valence-corrected chi connectivity index (χ2v) is 21.7. The van der Waals surface area contributed by atoms with Gasteiger partial charge in [0.05, 0.1) is 30.3 Å². The fourth-order valence-corrected chi connectivity index (χ4v) is 11.0. The molecule has 0 bridgehead atoms. The van der Waals surface area contributed by atoms with Crippen molar-refractivity contribution in [3.8, 4) is 11.5 Å². The molecule has 0 saturated carbocycles. The summed E-state index contributed by atoms with van der Waals surface area (Å²) >= 11 is 0. The molecule has 0 spiro atoms. The van der Waals surface area contributed by atoms with Gasteiger partial charge in [0.1, 0.15) is 23.6 Å². The Kier molecular flexibility index (Phi) is 16.0. The standard InChI is InChI=1S/C60H72N8O6/c1-37(62-5)55(69)66-51(58(72)67-35-43-17-7-6-16-42(43)33-52(67)57(71)65-50-23-13-19-40-15-9-11-21-48(40)50)32-38-24-28-45(29-25-38)74-46-30-26-41(27-31-46)56(70)63-44-34-53(68(36-44)59(73)54(61)60(2,3)4)64-49-22-12-18-39-14-8-10-20-47(39)49/h6-11,14-17,20-21,24-31,37,44,49-54,62,64H,12-13,18-19,22-23,32-36,61H2,1-5H3,(H,63,70)(H,65,71)(H,66,69)/t37-,44-,49+,50+,51-,52?,53?,54?/m0/s1. The third kappa shape index (κ3) is 11.9. The molecule has 14 nitrogen and oxygen atoms in total. The molecule has 2 heterocycles. The van der Waals surface area contributed by atoms with Crippen molar-refractivity contribution in [2.24, 2.45) is 11.1 Å². The van der Waals surface area contributed by atoms with Crippen molar-refractivity contribution in [1.82, 2.24) is 36.4 Å². The van der Waals surface area contributed by atoms with Crippen LogP contribution in [0.5, 0.6) is 11.5 Å². The third-order valence-electron chi connectivity index (χ3n) is 15.6. The van der Waals surface area contributed by atoms with Crippen LogP contribution in [0.1, 0.15) is 121 Å². The van der Waals surface area contributed by atoms with Gasteiger partial charge in [-0.3, -0.25) is 29.3 Å². The van der Waals surface area contributed by atoms with E-state index in [4.69, 9.17) is 10.5 Å². The van der Waals surface area contributed by atoms with Crippen LogP contribution in [0.25, 0.3) is 0 Å². The Balaban J connectivity index is 0.854. The van der Waals surface area contributed by atoms with Crippen LogP contribution in [0, 0.1) is 5.41 Å². The molecule has 5 aromatic rings. The average molecular weight is 1000 g/mol. The minimum Gasteiger partial charge on any atom is -0.457 e. The Morgan fingerprint density at radius 2 is 1.28 bits per heavy atom. The van der Waals surface area contributed by atoms with E-state index in [1.54, 1.807) is 55.3 Å². The Labute approximate surface area is 435 Å². The summed E-state index contributed by atoms with van der Waals surface area (Å²) in [5, 5.41) is 16.3. The second kappa shape index (κ2) is 22.7. The number of hydrogen-bond acceptors (Lipinski definition) is 9. The molecule has 8 atom stereocenters. The van der Waals surface area contributed by atoms with E-state index in [1.165, 1.54) is 16.7 Å². The van der Waals surface area contributed by atoms with Crippen LogP contribution in [0.15, 0.2) is 121 Å². The molecule has 14 heteroatoms.